The first-order valence-corrected chi connectivity index (χ1v) is 8.96. The van der Waals surface area contributed by atoms with Crippen LogP contribution < -0.4 is 0 Å². The molecule has 2 aliphatic carbocycles. The van der Waals surface area contributed by atoms with Gasteiger partial charge in [-0.15, -0.1) is 5.11 Å². The highest BCUT2D eigenvalue weighted by Crippen LogP contribution is 2.55. The Labute approximate surface area is 148 Å². The fraction of sp³-hybridized carbons (Fsp3) is 0.632. The van der Waals surface area contributed by atoms with Gasteiger partial charge in [0.2, 0.25) is 0 Å². The predicted molar refractivity (Wildman–Crippen MR) is 93.2 cm³/mol. The smallest absolute Gasteiger partial charge is 0.272 e. The summed E-state index contributed by atoms with van der Waals surface area (Å²) in [6.07, 6.45) is 4.85. The van der Waals surface area contributed by atoms with Gasteiger partial charge >= 0.3 is 0 Å². The molecule has 0 saturated heterocycles. The highest BCUT2D eigenvalue weighted by molar-refractivity contribution is 5.83. The van der Waals surface area contributed by atoms with Crippen LogP contribution >= 0.6 is 0 Å². The lowest BCUT2D eigenvalue weighted by molar-refractivity contribution is -0.121. The van der Waals surface area contributed by atoms with E-state index >= 15 is 0 Å². The fourth-order valence-electron chi connectivity index (χ4n) is 4.65. The number of hydrogen-bond donors (Lipinski definition) is 0. The second kappa shape index (κ2) is 5.59. The largest absolute Gasteiger partial charge is 0.346 e. The Morgan fingerprint density at radius 1 is 1.40 bits per heavy atom. The molecule has 0 aromatic carbocycles. The third kappa shape index (κ3) is 2.67. The van der Waals surface area contributed by atoms with E-state index in [1.807, 2.05) is 14.1 Å². The van der Waals surface area contributed by atoms with Crippen molar-refractivity contribution >= 4 is 5.91 Å². The van der Waals surface area contributed by atoms with E-state index in [-0.39, 0.29) is 29.1 Å². The number of halogens is 1. The van der Waals surface area contributed by atoms with Gasteiger partial charge in [-0.05, 0) is 50.1 Å². The predicted octanol–water partition coefficient (Wildman–Crippen LogP) is 3.28. The Morgan fingerprint density at radius 2 is 2.16 bits per heavy atom. The molecule has 0 aromatic rings. The van der Waals surface area contributed by atoms with Crippen LogP contribution in [0.5, 0.6) is 0 Å². The third-order valence-corrected chi connectivity index (χ3v) is 5.71. The summed E-state index contributed by atoms with van der Waals surface area (Å²) in [6.45, 7) is 6.13. The van der Waals surface area contributed by atoms with E-state index in [1.54, 1.807) is 6.08 Å². The van der Waals surface area contributed by atoms with Crippen molar-refractivity contribution in [2.75, 3.05) is 27.2 Å². The van der Waals surface area contributed by atoms with Crippen LogP contribution in [0.15, 0.2) is 45.2 Å². The van der Waals surface area contributed by atoms with Gasteiger partial charge in [-0.3, -0.25) is 4.79 Å². The van der Waals surface area contributed by atoms with Crippen LogP contribution in [0.25, 0.3) is 0 Å². The van der Waals surface area contributed by atoms with Crippen molar-refractivity contribution in [2.24, 2.45) is 27.5 Å². The maximum Gasteiger partial charge on any atom is 0.272 e. The monoisotopic (exact) mass is 344 g/mol. The summed E-state index contributed by atoms with van der Waals surface area (Å²) in [7, 11) is 4.08. The maximum atomic E-state index is 14.3. The second-order valence-corrected chi connectivity index (χ2v) is 8.60. The molecule has 0 saturated carbocycles. The van der Waals surface area contributed by atoms with Crippen molar-refractivity contribution in [1.82, 2.24) is 9.80 Å². The van der Waals surface area contributed by atoms with Crippen molar-refractivity contribution < 1.29 is 9.18 Å². The molecule has 0 N–H and O–H groups in total. The summed E-state index contributed by atoms with van der Waals surface area (Å²) < 4.78 is 14.3. The highest BCUT2D eigenvalue weighted by atomic mass is 19.1. The summed E-state index contributed by atoms with van der Waals surface area (Å²) in [4.78, 5) is 16.9. The molecule has 1 amide bonds. The Bertz CT molecular complexity index is 747. The van der Waals surface area contributed by atoms with Gasteiger partial charge in [0.15, 0.2) is 0 Å². The number of azo groups is 1. The van der Waals surface area contributed by atoms with Gasteiger partial charge in [0.25, 0.3) is 5.91 Å². The molecule has 25 heavy (non-hydrogen) atoms. The lowest BCUT2D eigenvalue weighted by atomic mass is 9.70. The minimum absolute atomic E-state index is 0.0694. The van der Waals surface area contributed by atoms with Crippen LogP contribution in [0, 0.1) is 17.3 Å². The van der Waals surface area contributed by atoms with Crippen LogP contribution in [-0.2, 0) is 4.79 Å². The quantitative estimate of drug-likeness (QED) is 0.789. The van der Waals surface area contributed by atoms with E-state index in [0.717, 1.165) is 31.6 Å². The number of carbonyl (C=O) groups is 1. The third-order valence-electron chi connectivity index (χ3n) is 5.71. The van der Waals surface area contributed by atoms with Crippen molar-refractivity contribution in [3.8, 4) is 0 Å². The number of carbonyl (C=O) groups excluding carboxylic acids is 1. The SMILES string of the molecule is CN(C)CCN1C2=CC(F)=CC3C(=O)N=NC4CC(C)(C)CC1=C4C23. The van der Waals surface area contributed by atoms with E-state index < -0.39 is 5.92 Å². The molecule has 0 fully saturated rings. The normalized spacial score (nSPS) is 32.6. The first-order valence-electron chi connectivity index (χ1n) is 8.96. The molecule has 0 radical (unpaired) electrons. The molecule has 4 rings (SSSR count). The minimum atomic E-state index is -0.552. The number of hydrogen-bond acceptors (Lipinski definition) is 4. The minimum Gasteiger partial charge on any atom is -0.346 e. The molecule has 5 nitrogen and oxygen atoms in total. The van der Waals surface area contributed by atoms with E-state index in [1.165, 1.54) is 17.3 Å². The summed E-state index contributed by atoms with van der Waals surface area (Å²) in [5.74, 6) is -1.31. The number of rotatable bonds is 3. The van der Waals surface area contributed by atoms with E-state index in [9.17, 15) is 9.18 Å². The Balaban J connectivity index is 1.85. The topological polar surface area (TPSA) is 48.3 Å². The lowest BCUT2D eigenvalue weighted by Crippen LogP contribution is -2.33. The average molecular weight is 344 g/mol. The van der Waals surface area contributed by atoms with Gasteiger partial charge in [0, 0.05) is 30.4 Å². The van der Waals surface area contributed by atoms with E-state index in [0.29, 0.717) is 0 Å². The van der Waals surface area contributed by atoms with Crippen LogP contribution in [0.4, 0.5) is 4.39 Å². The lowest BCUT2D eigenvalue weighted by Gasteiger charge is -2.37. The van der Waals surface area contributed by atoms with Gasteiger partial charge in [0.1, 0.15) is 5.83 Å². The second-order valence-electron chi connectivity index (χ2n) is 8.60. The van der Waals surface area contributed by atoms with Crippen LogP contribution in [0.1, 0.15) is 26.7 Å². The zero-order valence-electron chi connectivity index (χ0n) is 15.3. The fourth-order valence-corrected chi connectivity index (χ4v) is 4.65. The standard InChI is InChI=1S/C19H25FN4O/c1-19(2)9-13-17-15(10-19)24(6-5-23(3)4)14-8-11(20)7-12(16(14)17)18(25)22-21-13/h7-8,12-13,16H,5-6,9-10H2,1-4H3. The summed E-state index contributed by atoms with van der Waals surface area (Å²) >= 11 is 0. The van der Waals surface area contributed by atoms with Gasteiger partial charge in [-0.1, -0.05) is 13.8 Å². The summed E-state index contributed by atoms with van der Waals surface area (Å²) in [6, 6.07) is -0.0694. The molecule has 134 valence electrons. The van der Waals surface area contributed by atoms with Gasteiger partial charge in [-0.2, -0.15) is 5.11 Å². The molecule has 4 aliphatic rings. The molecule has 2 heterocycles. The molecular weight excluding hydrogens is 319 g/mol. The summed E-state index contributed by atoms with van der Waals surface area (Å²) in [5, 5.41) is 8.31. The van der Waals surface area contributed by atoms with Crippen molar-refractivity contribution in [3.05, 3.63) is 34.9 Å². The average Bonchev–Trinajstić information content (AvgIpc) is 2.73. The van der Waals surface area contributed by atoms with Crippen molar-refractivity contribution in [1.29, 1.82) is 0 Å². The number of nitrogens with zero attached hydrogens (tertiary/aromatic N) is 4. The molecule has 0 spiro atoms. The number of likely N-dealkylation sites (N-methyl/N-ethyl adjacent to an activating group) is 1. The highest BCUT2D eigenvalue weighted by Gasteiger charge is 2.52. The zero-order valence-corrected chi connectivity index (χ0v) is 15.3. The zero-order chi connectivity index (χ0) is 17.9. The summed E-state index contributed by atoms with van der Waals surface area (Å²) in [5.41, 5.74) is 3.44. The first kappa shape index (κ1) is 16.6. The molecule has 6 heteroatoms. The molecule has 2 aliphatic heterocycles. The first-order chi connectivity index (χ1) is 11.8. The Hall–Kier alpha value is -1.82. The van der Waals surface area contributed by atoms with Gasteiger partial charge < -0.3 is 9.80 Å². The molecule has 0 aromatic heterocycles. The van der Waals surface area contributed by atoms with Gasteiger partial charge in [0.05, 0.1) is 12.0 Å². The van der Waals surface area contributed by atoms with E-state index in [4.69, 9.17) is 0 Å². The van der Waals surface area contributed by atoms with Crippen molar-refractivity contribution in [3.63, 3.8) is 0 Å². The molecule has 0 bridgehead atoms. The Morgan fingerprint density at radius 3 is 2.88 bits per heavy atom. The van der Waals surface area contributed by atoms with Crippen LogP contribution in [-0.4, -0.2) is 48.9 Å². The van der Waals surface area contributed by atoms with Crippen LogP contribution in [0.2, 0.25) is 0 Å². The molecule has 3 atom stereocenters. The maximum absolute atomic E-state index is 14.3. The molecular formula is C19H25FN4O. The van der Waals surface area contributed by atoms with E-state index in [2.05, 4.69) is 33.9 Å². The van der Waals surface area contributed by atoms with Crippen molar-refractivity contribution in [2.45, 2.75) is 32.7 Å². The molecule has 3 unspecified atom stereocenters. The Kier molecular flexibility index (Phi) is 3.72. The number of allylic oxidation sites excluding steroid dienone is 4. The van der Waals surface area contributed by atoms with Crippen LogP contribution in [0.3, 0.4) is 0 Å². The van der Waals surface area contributed by atoms with Gasteiger partial charge in [-0.25, -0.2) is 4.39 Å². The number of amides is 1.